The molecule has 1 N–H and O–H groups in total. The van der Waals surface area contributed by atoms with E-state index in [0.717, 1.165) is 28.8 Å². The number of rotatable bonds is 2. The van der Waals surface area contributed by atoms with E-state index < -0.39 is 0 Å². The topological polar surface area (TPSA) is 55.1 Å². The van der Waals surface area contributed by atoms with Gasteiger partial charge in [-0.1, -0.05) is 68.4 Å². The average molecular weight is 388 g/mol. The normalized spacial score (nSPS) is 14.6. The molecule has 140 valence electrons. The number of hydrogen-bond donors (Lipinski definition) is 1. The highest BCUT2D eigenvalue weighted by atomic mass is 32.1. The second kappa shape index (κ2) is 6.01. The monoisotopic (exact) mass is 388 g/mol. The van der Waals surface area contributed by atoms with E-state index in [0.29, 0.717) is 17.1 Å². The highest BCUT2D eigenvalue weighted by Crippen LogP contribution is 2.41. The van der Waals surface area contributed by atoms with Gasteiger partial charge in [0.15, 0.2) is 0 Å². The minimum Gasteiger partial charge on any atom is -0.272 e. The Morgan fingerprint density at radius 1 is 1.11 bits per heavy atom. The van der Waals surface area contributed by atoms with Crippen LogP contribution in [0.25, 0.3) is 17.0 Å². The molecule has 0 bridgehead atoms. The molecule has 2 aromatic heterocycles. The molecule has 28 heavy (non-hydrogen) atoms. The van der Waals surface area contributed by atoms with Gasteiger partial charge in [-0.3, -0.25) is 13.8 Å². The zero-order valence-corrected chi connectivity index (χ0v) is 16.6. The molecule has 0 radical (unpaired) electrons. The minimum atomic E-state index is -0.306. The van der Waals surface area contributed by atoms with E-state index in [4.69, 9.17) is 12.2 Å². The lowest BCUT2D eigenvalue weighted by Gasteiger charge is -2.34. The fourth-order valence-electron chi connectivity index (χ4n) is 4.35. The van der Waals surface area contributed by atoms with E-state index in [1.165, 1.54) is 5.56 Å². The van der Waals surface area contributed by atoms with Gasteiger partial charge in [-0.15, -0.1) is 5.10 Å². The van der Waals surface area contributed by atoms with Gasteiger partial charge in [-0.05, 0) is 29.8 Å². The van der Waals surface area contributed by atoms with Crippen LogP contribution in [0.15, 0.2) is 59.4 Å². The summed E-state index contributed by atoms with van der Waals surface area (Å²) < 4.78 is 4.16. The van der Waals surface area contributed by atoms with E-state index in [9.17, 15) is 4.79 Å². The number of hydrogen-bond acceptors (Lipinski definition) is 3. The van der Waals surface area contributed by atoms with Crippen molar-refractivity contribution in [3.05, 3.63) is 86.4 Å². The molecule has 0 aliphatic heterocycles. The Hall–Kier alpha value is -2.99. The number of aromatic nitrogens is 4. The molecule has 6 heteroatoms. The van der Waals surface area contributed by atoms with Crippen LogP contribution >= 0.6 is 12.2 Å². The molecule has 0 spiro atoms. The van der Waals surface area contributed by atoms with Crippen molar-refractivity contribution in [2.75, 3.05) is 0 Å². The third-order valence-corrected chi connectivity index (χ3v) is 5.85. The lowest BCUT2D eigenvalue weighted by atomic mass is 9.72. The summed E-state index contributed by atoms with van der Waals surface area (Å²) in [6.07, 6.45) is 0.813. The van der Waals surface area contributed by atoms with Crippen molar-refractivity contribution < 1.29 is 0 Å². The molecule has 2 heterocycles. The molecule has 0 amide bonds. The molecular weight excluding hydrogens is 368 g/mol. The largest absolute Gasteiger partial charge is 0.272 e. The van der Waals surface area contributed by atoms with E-state index in [-0.39, 0.29) is 11.0 Å². The standard InChI is InChI=1S/C22H20N4OS/c1-22(2)12-15-10-6-7-11-16(15)18-17(22)19(27)25(13-14-8-4-3-5-9-14)20-23-24-21(28)26(18)20/h3-11H,12-13H2,1-2H3,(H,24,28). The highest BCUT2D eigenvalue weighted by molar-refractivity contribution is 7.71. The van der Waals surface area contributed by atoms with Gasteiger partial charge in [0.25, 0.3) is 5.56 Å². The SMILES string of the molecule is CC1(C)Cc2ccccc2-c2c1c(=O)n(Cc1ccccc1)c1n[nH]c(=S)n21. The molecule has 0 atom stereocenters. The Morgan fingerprint density at radius 2 is 1.82 bits per heavy atom. The Labute approximate surface area is 167 Å². The van der Waals surface area contributed by atoms with Crippen LogP contribution in [0.2, 0.25) is 0 Å². The number of benzene rings is 2. The number of H-pyrrole nitrogens is 1. The van der Waals surface area contributed by atoms with Crippen LogP contribution in [0.3, 0.4) is 0 Å². The van der Waals surface area contributed by atoms with Crippen molar-refractivity contribution in [2.45, 2.75) is 32.2 Å². The first-order valence-corrected chi connectivity index (χ1v) is 9.75. The summed E-state index contributed by atoms with van der Waals surface area (Å²) in [6.45, 7) is 4.71. The van der Waals surface area contributed by atoms with Crippen LogP contribution < -0.4 is 5.56 Å². The second-order valence-corrected chi connectivity index (χ2v) is 8.37. The molecule has 4 aromatic rings. The van der Waals surface area contributed by atoms with Gasteiger partial charge in [0.05, 0.1) is 12.2 Å². The Morgan fingerprint density at radius 3 is 2.61 bits per heavy atom. The number of aromatic amines is 1. The van der Waals surface area contributed by atoms with Crippen molar-refractivity contribution >= 4 is 18.0 Å². The van der Waals surface area contributed by atoms with E-state index in [2.05, 4.69) is 36.2 Å². The maximum absolute atomic E-state index is 13.7. The fraction of sp³-hybridized carbons (Fsp3) is 0.227. The maximum Gasteiger partial charge on any atom is 0.259 e. The maximum atomic E-state index is 13.7. The van der Waals surface area contributed by atoms with Crippen molar-refractivity contribution in [2.24, 2.45) is 0 Å². The third-order valence-electron chi connectivity index (χ3n) is 5.58. The molecule has 2 aromatic carbocycles. The van der Waals surface area contributed by atoms with Crippen LogP contribution in [0.5, 0.6) is 0 Å². The fourth-order valence-corrected chi connectivity index (χ4v) is 4.57. The van der Waals surface area contributed by atoms with Gasteiger partial charge in [-0.2, -0.15) is 0 Å². The van der Waals surface area contributed by atoms with E-state index in [1.807, 2.05) is 46.9 Å². The molecule has 0 saturated carbocycles. The van der Waals surface area contributed by atoms with Gasteiger partial charge in [0.1, 0.15) is 0 Å². The summed E-state index contributed by atoms with van der Waals surface area (Å²) in [5.74, 6) is 0.546. The molecule has 0 fully saturated rings. The van der Waals surface area contributed by atoms with Crippen LogP contribution in [-0.4, -0.2) is 19.2 Å². The summed E-state index contributed by atoms with van der Waals surface area (Å²) in [6, 6.07) is 18.2. The predicted octanol–water partition coefficient (Wildman–Crippen LogP) is 4.10. The molecule has 0 unspecified atom stereocenters. The Kier molecular flexibility index (Phi) is 3.67. The van der Waals surface area contributed by atoms with Crippen molar-refractivity contribution in [3.63, 3.8) is 0 Å². The van der Waals surface area contributed by atoms with E-state index >= 15 is 0 Å². The zero-order chi connectivity index (χ0) is 19.5. The second-order valence-electron chi connectivity index (χ2n) is 7.98. The molecule has 5 nitrogen and oxygen atoms in total. The van der Waals surface area contributed by atoms with Gasteiger partial charge in [0, 0.05) is 16.5 Å². The predicted molar refractivity (Wildman–Crippen MR) is 112 cm³/mol. The van der Waals surface area contributed by atoms with Crippen molar-refractivity contribution in [3.8, 4) is 11.3 Å². The van der Waals surface area contributed by atoms with Gasteiger partial charge in [0.2, 0.25) is 10.5 Å². The Balaban J connectivity index is 1.92. The lowest BCUT2D eigenvalue weighted by molar-refractivity contribution is 0.499. The van der Waals surface area contributed by atoms with Crippen molar-refractivity contribution in [1.29, 1.82) is 0 Å². The average Bonchev–Trinajstić information content (AvgIpc) is 3.06. The van der Waals surface area contributed by atoms with Crippen LogP contribution in [0.1, 0.15) is 30.5 Å². The number of nitrogens with one attached hydrogen (secondary N) is 1. The van der Waals surface area contributed by atoms with Crippen LogP contribution in [-0.2, 0) is 18.4 Å². The first-order valence-electron chi connectivity index (χ1n) is 9.34. The molecule has 0 saturated heterocycles. The first-order chi connectivity index (χ1) is 13.5. The lowest BCUT2D eigenvalue weighted by Crippen LogP contribution is -2.38. The third kappa shape index (κ3) is 2.41. The zero-order valence-electron chi connectivity index (χ0n) is 15.8. The molecule has 1 aliphatic carbocycles. The number of fused-ring (bicyclic) bond motifs is 5. The minimum absolute atomic E-state index is 0.000133. The van der Waals surface area contributed by atoms with Crippen LogP contribution in [0, 0.1) is 4.77 Å². The molecule has 5 rings (SSSR count). The van der Waals surface area contributed by atoms with Gasteiger partial charge in [-0.25, -0.2) is 5.10 Å². The van der Waals surface area contributed by atoms with Gasteiger partial charge >= 0.3 is 0 Å². The highest BCUT2D eigenvalue weighted by Gasteiger charge is 2.36. The van der Waals surface area contributed by atoms with Gasteiger partial charge < -0.3 is 0 Å². The smallest absolute Gasteiger partial charge is 0.259 e. The first kappa shape index (κ1) is 17.1. The summed E-state index contributed by atoms with van der Waals surface area (Å²) in [7, 11) is 0. The van der Waals surface area contributed by atoms with Crippen LogP contribution in [0.4, 0.5) is 0 Å². The summed E-state index contributed by atoms with van der Waals surface area (Å²) in [5, 5.41) is 7.31. The number of nitrogens with zero attached hydrogens (tertiary/aromatic N) is 3. The van der Waals surface area contributed by atoms with E-state index in [1.54, 1.807) is 4.57 Å². The molecular formula is C22H20N4OS. The summed E-state index contributed by atoms with van der Waals surface area (Å²) in [4.78, 5) is 13.7. The summed E-state index contributed by atoms with van der Waals surface area (Å²) in [5.41, 5.74) is 4.70. The Bertz CT molecular complexity index is 1330. The molecule has 1 aliphatic rings. The van der Waals surface area contributed by atoms with Crippen molar-refractivity contribution in [1.82, 2.24) is 19.2 Å². The quantitative estimate of drug-likeness (QED) is 0.526. The summed E-state index contributed by atoms with van der Waals surface area (Å²) >= 11 is 5.57.